The predicted octanol–water partition coefficient (Wildman–Crippen LogP) is 5.45. The lowest BCUT2D eigenvalue weighted by Crippen LogP contribution is -2.53. The number of nitrogens with zero attached hydrogens (tertiary/aromatic N) is 2. The molecule has 0 unspecified atom stereocenters. The fourth-order valence-electron chi connectivity index (χ4n) is 5.36. The Kier molecular flexibility index (Phi) is 10.2. The maximum absolute atomic E-state index is 14.2. The molecule has 41 heavy (non-hydrogen) atoms. The van der Waals surface area contributed by atoms with Gasteiger partial charge >= 0.3 is 0 Å². The molecule has 3 aromatic rings. The van der Waals surface area contributed by atoms with Gasteiger partial charge in [-0.05, 0) is 67.1 Å². The highest BCUT2D eigenvalue weighted by atomic mass is 32.2. The van der Waals surface area contributed by atoms with Crippen LogP contribution in [0.4, 0.5) is 10.1 Å². The minimum absolute atomic E-state index is 0.0321. The summed E-state index contributed by atoms with van der Waals surface area (Å²) >= 11 is 0. The van der Waals surface area contributed by atoms with Crippen molar-refractivity contribution in [1.82, 2.24) is 10.2 Å². The van der Waals surface area contributed by atoms with Gasteiger partial charge in [0, 0.05) is 12.6 Å². The van der Waals surface area contributed by atoms with Gasteiger partial charge < -0.3 is 10.2 Å². The zero-order valence-electron chi connectivity index (χ0n) is 23.6. The summed E-state index contributed by atoms with van der Waals surface area (Å²) < 4.78 is 42.8. The number of carbonyl (C=O) groups excluding carboxylic acids is 2. The van der Waals surface area contributed by atoms with Gasteiger partial charge in [-0.3, -0.25) is 13.9 Å². The molecule has 1 saturated carbocycles. The Labute approximate surface area is 242 Å². The molecular weight excluding hydrogens is 541 g/mol. The summed E-state index contributed by atoms with van der Waals surface area (Å²) in [6.45, 7) is 3.29. The minimum atomic E-state index is -4.13. The number of para-hydroxylation sites is 1. The lowest BCUT2D eigenvalue weighted by atomic mass is 10.1. The number of aryl methyl sites for hydroxylation is 1. The molecular formula is C32H38FN3O4S. The quantitative estimate of drug-likeness (QED) is 0.309. The third-order valence-corrected chi connectivity index (χ3v) is 9.38. The maximum Gasteiger partial charge on any atom is 0.264 e. The average Bonchev–Trinajstić information content (AvgIpc) is 3.50. The molecule has 4 rings (SSSR count). The molecule has 9 heteroatoms. The van der Waals surface area contributed by atoms with E-state index in [2.05, 4.69) is 5.32 Å². The number of benzene rings is 3. The van der Waals surface area contributed by atoms with Crippen LogP contribution in [0.5, 0.6) is 0 Å². The van der Waals surface area contributed by atoms with Crippen LogP contribution in [0.1, 0.15) is 57.1 Å². The summed E-state index contributed by atoms with van der Waals surface area (Å²) in [6, 6.07) is 20.1. The molecule has 1 aliphatic carbocycles. The Balaban J connectivity index is 1.73. The zero-order chi connectivity index (χ0) is 29.4. The molecule has 0 heterocycles. The van der Waals surface area contributed by atoms with Crippen molar-refractivity contribution in [3.63, 3.8) is 0 Å². The van der Waals surface area contributed by atoms with E-state index in [1.54, 1.807) is 42.5 Å². The molecule has 2 amide bonds. The van der Waals surface area contributed by atoms with Crippen molar-refractivity contribution in [2.75, 3.05) is 10.8 Å². The van der Waals surface area contributed by atoms with Crippen molar-refractivity contribution in [1.29, 1.82) is 0 Å². The molecule has 0 aromatic heterocycles. The largest absolute Gasteiger partial charge is 0.352 e. The highest BCUT2D eigenvalue weighted by Crippen LogP contribution is 2.28. The molecule has 1 fully saturated rings. The Bertz CT molecular complexity index is 1420. The summed E-state index contributed by atoms with van der Waals surface area (Å²) in [4.78, 5) is 29.2. The number of anilines is 1. The number of rotatable bonds is 12. The molecule has 0 aliphatic heterocycles. The first-order valence-corrected chi connectivity index (χ1v) is 15.7. The van der Waals surface area contributed by atoms with Crippen molar-refractivity contribution in [2.24, 2.45) is 0 Å². The second-order valence-electron chi connectivity index (χ2n) is 10.4. The van der Waals surface area contributed by atoms with E-state index in [1.807, 2.05) is 26.0 Å². The van der Waals surface area contributed by atoms with E-state index < -0.39 is 34.3 Å². The van der Waals surface area contributed by atoms with Crippen LogP contribution in [0.3, 0.4) is 0 Å². The zero-order valence-corrected chi connectivity index (χ0v) is 24.4. The van der Waals surface area contributed by atoms with Crippen LogP contribution < -0.4 is 9.62 Å². The summed E-state index contributed by atoms with van der Waals surface area (Å²) in [5.41, 5.74) is 1.83. The average molecular weight is 580 g/mol. The van der Waals surface area contributed by atoms with E-state index in [9.17, 15) is 22.4 Å². The van der Waals surface area contributed by atoms with Gasteiger partial charge in [0.05, 0.1) is 10.6 Å². The topological polar surface area (TPSA) is 86.8 Å². The van der Waals surface area contributed by atoms with Gasteiger partial charge in [0.1, 0.15) is 18.4 Å². The van der Waals surface area contributed by atoms with Crippen LogP contribution in [0.15, 0.2) is 83.8 Å². The van der Waals surface area contributed by atoms with E-state index >= 15 is 0 Å². The second-order valence-corrected chi connectivity index (χ2v) is 12.2. The smallest absolute Gasteiger partial charge is 0.264 e. The first kappa shape index (κ1) is 30.2. The van der Waals surface area contributed by atoms with Crippen LogP contribution in [-0.2, 0) is 32.6 Å². The summed E-state index contributed by atoms with van der Waals surface area (Å²) in [5.74, 6) is -1.19. The van der Waals surface area contributed by atoms with Gasteiger partial charge in [0.25, 0.3) is 10.0 Å². The summed E-state index contributed by atoms with van der Waals surface area (Å²) in [5, 5.41) is 3.09. The van der Waals surface area contributed by atoms with Crippen LogP contribution in [0.2, 0.25) is 0 Å². The Morgan fingerprint density at radius 1 is 0.927 bits per heavy atom. The Hall–Kier alpha value is -3.72. The van der Waals surface area contributed by atoms with Gasteiger partial charge in [-0.15, -0.1) is 0 Å². The summed E-state index contributed by atoms with van der Waals surface area (Å²) in [7, 11) is -4.13. The second kappa shape index (κ2) is 13.8. The van der Waals surface area contributed by atoms with E-state index in [0.717, 1.165) is 35.6 Å². The van der Waals surface area contributed by atoms with E-state index in [1.165, 1.54) is 29.2 Å². The fourth-order valence-corrected chi connectivity index (χ4v) is 6.83. The third-order valence-electron chi connectivity index (χ3n) is 7.60. The van der Waals surface area contributed by atoms with Gasteiger partial charge in [0.2, 0.25) is 11.8 Å². The number of hydrogen-bond donors (Lipinski definition) is 1. The van der Waals surface area contributed by atoms with Gasteiger partial charge in [-0.1, -0.05) is 75.2 Å². The summed E-state index contributed by atoms with van der Waals surface area (Å²) in [6.07, 6.45) is 4.77. The monoisotopic (exact) mass is 579 g/mol. The number of nitrogens with one attached hydrogen (secondary N) is 1. The molecule has 218 valence electrons. The maximum atomic E-state index is 14.2. The van der Waals surface area contributed by atoms with Crippen LogP contribution >= 0.6 is 0 Å². The van der Waals surface area contributed by atoms with Gasteiger partial charge in [-0.2, -0.15) is 0 Å². The number of carbonyl (C=O) groups is 2. The molecule has 3 aromatic carbocycles. The molecule has 7 nitrogen and oxygen atoms in total. The van der Waals surface area contributed by atoms with Crippen molar-refractivity contribution in [3.8, 4) is 0 Å². The lowest BCUT2D eigenvalue weighted by molar-refractivity contribution is -0.140. The lowest BCUT2D eigenvalue weighted by Gasteiger charge is -2.34. The molecule has 1 aliphatic rings. The third kappa shape index (κ3) is 7.33. The minimum Gasteiger partial charge on any atom is -0.352 e. The first-order valence-electron chi connectivity index (χ1n) is 14.2. The predicted molar refractivity (Wildman–Crippen MR) is 158 cm³/mol. The van der Waals surface area contributed by atoms with E-state index in [4.69, 9.17) is 0 Å². The number of halogens is 1. The SMILES string of the molecule is CCc1ccccc1N(CC(=O)N(Cc1ccc(F)cc1)[C@H](CC)C(=O)NC1CCCC1)S(=O)(=O)c1ccccc1. The Morgan fingerprint density at radius 2 is 1.56 bits per heavy atom. The van der Waals surface area contributed by atoms with Gasteiger partial charge in [0.15, 0.2) is 0 Å². The van der Waals surface area contributed by atoms with Crippen molar-refractivity contribution >= 4 is 27.5 Å². The molecule has 0 bridgehead atoms. The van der Waals surface area contributed by atoms with Crippen LogP contribution in [-0.4, -0.2) is 43.8 Å². The van der Waals surface area contributed by atoms with Gasteiger partial charge in [-0.25, -0.2) is 12.8 Å². The standard InChI is InChI=1S/C32H38FN3O4S/c1-3-25-12-8-11-17-30(25)36(41(39,40)28-15-6-5-7-16-28)23-31(37)35(22-24-18-20-26(33)21-19-24)29(4-2)32(38)34-27-13-9-10-14-27/h5-8,11-12,15-21,27,29H,3-4,9-10,13-14,22-23H2,1-2H3,(H,34,38)/t29-/m1/s1. The van der Waals surface area contributed by atoms with Crippen LogP contribution in [0.25, 0.3) is 0 Å². The number of amides is 2. The molecule has 1 N–H and O–H groups in total. The number of sulfonamides is 1. The number of hydrogen-bond acceptors (Lipinski definition) is 4. The van der Waals surface area contributed by atoms with Crippen molar-refractivity contribution in [2.45, 2.75) is 75.9 Å². The van der Waals surface area contributed by atoms with Crippen molar-refractivity contribution < 1.29 is 22.4 Å². The van der Waals surface area contributed by atoms with E-state index in [-0.39, 0.29) is 23.4 Å². The highest BCUT2D eigenvalue weighted by Gasteiger charge is 2.35. The molecule has 0 radical (unpaired) electrons. The highest BCUT2D eigenvalue weighted by molar-refractivity contribution is 7.92. The molecule has 0 spiro atoms. The fraction of sp³-hybridized carbons (Fsp3) is 0.375. The Morgan fingerprint density at radius 3 is 2.20 bits per heavy atom. The van der Waals surface area contributed by atoms with Crippen molar-refractivity contribution in [3.05, 3.63) is 95.8 Å². The molecule has 1 atom stereocenters. The first-order chi connectivity index (χ1) is 19.7. The van der Waals surface area contributed by atoms with E-state index in [0.29, 0.717) is 24.1 Å². The molecule has 0 saturated heterocycles. The normalized spacial score (nSPS) is 14.4. The van der Waals surface area contributed by atoms with Crippen LogP contribution in [0, 0.1) is 5.82 Å².